The first-order chi connectivity index (χ1) is 8.06. The first-order valence-electron chi connectivity index (χ1n) is 5.42. The number of hydrogen-bond acceptors (Lipinski definition) is 5. The van der Waals surface area contributed by atoms with Crippen molar-refractivity contribution in [2.45, 2.75) is 20.0 Å². The lowest BCUT2D eigenvalue weighted by Gasteiger charge is -2.13. The minimum Gasteiger partial charge on any atom is -0.505 e. The molecular weight excluding hydrogens is 222 g/mol. The van der Waals surface area contributed by atoms with E-state index in [-0.39, 0.29) is 23.1 Å². The highest BCUT2D eigenvalue weighted by Crippen LogP contribution is 2.25. The number of ether oxygens (including phenoxy) is 2. The number of esters is 1. The fraction of sp³-hybridized carbons (Fsp3) is 0.417. The van der Waals surface area contributed by atoms with Gasteiger partial charge in [-0.1, -0.05) is 6.07 Å². The van der Waals surface area contributed by atoms with E-state index < -0.39 is 5.97 Å². The van der Waals surface area contributed by atoms with E-state index in [0.717, 1.165) is 0 Å². The van der Waals surface area contributed by atoms with Gasteiger partial charge >= 0.3 is 5.97 Å². The normalized spacial score (nSPS) is 12.1. The molecule has 5 heteroatoms. The summed E-state index contributed by atoms with van der Waals surface area (Å²) in [6, 6.07) is 4.55. The van der Waals surface area contributed by atoms with Crippen molar-refractivity contribution in [1.29, 1.82) is 0 Å². The summed E-state index contributed by atoms with van der Waals surface area (Å²) in [5.74, 6) is -0.858. The Morgan fingerprint density at radius 3 is 2.88 bits per heavy atom. The molecule has 0 fully saturated rings. The van der Waals surface area contributed by atoms with Gasteiger partial charge < -0.3 is 20.3 Å². The minimum atomic E-state index is -0.609. The average molecular weight is 239 g/mol. The van der Waals surface area contributed by atoms with Crippen molar-refractivity contribution in [3.8, 4) is 5.75 Å². The zero-order valence-corrected chi connectivity index (χ0v) is 9.97. The number of carbonyl (C=O) groups is 1. The fourth-order valence-electron chi connectivity index (χ4n) is 1.29. The Labute approximate surface area is 100 Å². The zero-order valence-electron chi connectivity index (χ0n) is 9.97. The van der Waals surface area contributed by atoms with E-state index in [1.807, 2.05) is 6.92 Å². The Kier molecular flexibility index (Phi) is 4.78. The van der Waals surface area contributed by atoms with E-state index in [2.05, 4.69) is 0 Å². The van der Waals surface area contributed by atoms with Crippen LogP contribution in [0.1, 0.15) is 24.2 Å². The van der Waals surface area contributed by atoms with Crippen LogP contribution in [0.5, 0.6) is 5.75 Å². The number of aromatic hydroxyl groups is 1. The van der Waals surface area contributed by atoms with Gasteiger partial charge in [0.2, 0.25) is 0 Å². The van der Waals surface area contributed by atoms with Crippen molar-refractivity contribution in [2.24, 2.45) is 0 Å². The monoisotopic (exact) mass is 239 g/mol. The van der Waals surface area contributed by atoms with Gasteiger partial charge in [-0.2, -0.15) is 0 Å². The first-order valence-corrected chi connectivity index (χ1v) is 5.42. The van der Waals surface area contributed by atoms with Gasteiger partial charge in [0, 0.05) is 6.61 Å². The molecule has 0 amide bonds. The van der Waals surface area contributed by atoms with Gasteiger partial charge in [-0.25, -0.2) is 4.79 Å². The number of para-hydroxylation sites is 1. The van der Waals surface area contributed by atoms with Crippen LogP contribution in [0.3, 0.4) is 0 Å². The SMILES string of the molecule is CCOCC(C)OC(=O)c1cccc(N)c1O. The maximum Gasteiger partial charge on any atom is 0.342 e. The molecule has 1 unspecified atom stereocenters. The molecular formula is C12H17NO4. The highest BCUT2D eigenvalue weighted by molar-refractivity contribution is 5.94. The van der Waals surface area contributed by atoms with E-state index in [1.54, 1.807) is 13.0 Å². The molecule has 1 rings (SSSR count). The van der Waals surface area contributed by atoms with E-state index >= 15 is 0 Å². The van der Waals surface area contributed by atoms with Crippen LogP contribution >= 0.6 is 0 Å². The summed E-state index contributed by atoms with van der Waals surface area (Å²) in [6.45, 7) is 4.46. The van der Waals surface area contributed by atoms with Crippen molar-refractivity contribution in [1.82, 2.24) is 0 Å². The number of rotatable bonds is 5. The van der Waals surface area contributed by atoms with Crippen LogP contribution < -0.4 is 5.73 Å². The van der Waals surface area contributed by atoms with Crippen LogP contribution in [-0.4, -0.2) is 30.4 Å². The lowest BCUT2D eigenvalue weighted by molar-refractivity contribution is 0.00418. The molecule has 0 heterocycles. The average Bonchev–Trinajstić information content (AvgIpc) is 2.29. The molecule has 1 atom stereocenters. The molecule has 0 aromatic heterocycles. The Morgan fingerprint density at radius 1 is 1.53 bits per heavy atom. The maximum absolute atomic E-state index is 11.7. The summed E-state index contributed by atoms with van der Waals surface area (Å²) in [5.41, 5.74) is 5.70. The Hall–Kier alpha value is -1.75. The lowest BCUT2D eigenvalue weighted by atomic mass is 10.2. The van der Waals surface area contributed by atoms with Crippen LogP contribution in [0.2, 0.25) is 0 Å². The molecule has 0 radical (unpaired) electrons. The fourth-order valence-corrected chi connectivity index (χ4v) is 1.29. The molecule has 5 nitrogen and oxygen atoms in total. The molecule has 0 aliphatic heterocycles. The second-order valence-electron chi connectivity index (χ2n) is 3.62. The molecule has 94 valence electrons. The van der Waals surface area contributed by atoms with E-state index in [4.69, 9.17) is 15.2 Å². The summed E-state index contributed by atoms with van der Waals surface area (Å²) >= 11 is 0. The van der Waals surface area contributed by atoms with Gasteiger partial charge in [0.1, 0.15) is 11.7 Å². The number of carbonyl (C=O) groups excluding carboxylic acids is 1. The molecule has 0 aliphatic rings. The van der Waals surface area contributed by atoms with Crippen molar-refractivity contribution in [3.05, 3.63) is 23.8 Å². The summed E-state index contributed by atoms with van der Waals surface area (Å²) in [5, 5.41) is 9.60. The zero-order chi connectivity index (χ0) is 12.8. The van der Waals surface area contributed by atoms with Crippen LogP contribution in [0, 0.1) is 0 Å². The Balaban J connectivity index is 2.67. The number of anilines is 1. The molecule has 0 saturated carbocycles. The predicted octanol–water partition coefficient (Wildman–Crippen LogP) is 1.56. The van der Waals surface area contributed by atoms with Crippen molar-refractivity contribution in [2.75, 3.05) is 18.9 Å². The largest absolute Gasteiger partial charge is 0.505 e. The number of nitrogen functional groups attached to an aromatic ring is 1. The summed E-state index contributed by atoms with van der Waals surface area (Å²) in [7, 11) is 0. The van der Waals surface area contributed by atoms with Crippen molar-refractivity contribution in [3.63, 3.8) is 0 Å². The molecule has 0 bridgehead atoms. The molecule has 0 saturated heterocycles. The Morgan fingerprint density at radius 2 is 2.24 bits per heavy atom. The van der Waals surface area contributed by atoms with E-state index in [1.165, 1.54) is 12.1 Å². The number of hydrogen-bond donors (Lipinski definition) is 2. The quantitative estimate of drug-likeness (QED) is 0.463. The highest BCUT2D eigenvalue weighted by Gasteiger charge is 2.17. The van der Waals surface area contributed by atoms with Crippen LogP contribution in [0.15, 0.2) is 18.2 Å². The van der Waals surface area contributed by atoms with Crippen LogP contribution in [0.25, 0.3) is 0 Å². The highest BCUT2D eigenvalue weighted by atomic mass is 16.6. The maximum atomic E-state index is 11.7. The second kappa shape index (κ2) is 6.10. The molecule has 3 N–H and O–H groups in total. The van der Waals surface area contributed by atoms with Gasteiger partial charge in [-0.15, -0.1) is 0 Å². The third kappa shape index (κ3) is 3.64. The predicted molar refractivity (Wildman–Crippen MR) is 63.9 cm³/mol. The summed E-state index contributed by atoms with van der Waals surface area (Å²) in [4.78, 5) is 11.7. The lowest BCUT2D eigenvalue weighted by Crippen LogP contribution is -2.20. The van der Waals surface area contributed by atoms with Gasteiger partial charge in [-0.05, 0) is 26.0 Å². The van der Waals surface area contributed by atoms with Crippen LogP contribution in [0.4, 0.5) is 5.69 Å². The number of phenolic OH excluding ortho intramolecular Hbond substituents is 1. The first kappa shape index (κ1) is 13.3. The molecule has 0 aliphatic carbocycles. The third-order valence-corrected chi connectivity index (χ3v) is 2.15. The molecule has 1 aromatic carbocycles. The van der Waals surface area contributed by atoms with Gasteiger partial charge in [0.15, 0.2) is 5.75 Å². The number of benzene rings is 1. The third-order valence-electron chi connectivity index (χ3n) is 2.15. The smallest absolute Gasteiger partial charge is 0.342 e. The number of nitrogens with two attached hydrogens (primary N) is 1. The van der Waals surface area contributed by atoms with Crippen LogP contribution in [-0.2, 0) is 9.47 Å². The number of phenols is 1. The van der Waals surface area contributed by atoms with E-state index in [0.29, 0.717) is 13.2 Å². The van der Waals surface area contributed by atoms with Gasteiger partial charge in [-0.3, -0.25) is 0 Å². The van der Waals surface area contributed by atoms with Gasteiger partial charge in [0.25, 0.3) is 0 Å². The second-order valence-corrected chi connectivity index (χ2v) is 3.62. The Bertz CT molecular complexity index is 392. The van der Waals surface area contributed by atoms with Crippen molar-refractivity contribution >= 4 is 11.7 Å². The van der Waals surface area contributed by atoms with E-state index in [9.17, 15) is 9.90 Å². The van der Waals surface area contributed by atoms with Gasteiger partial charge in [0.05, 0.1) is 12.3 Å². The molecule has 1 aromatic rings. The topological polar surface area (TPSA) is 81.8 Å². The summed E-state index contributed by atoms with van der Waals surface area (Å²) in [6.07, 6.45) is -0.372. The minimum absolute atomic E-state index is 0.0633. The molecule has 0 spiro atoms. The van der Waals surface area contributed by atoms with Crippen molar-refractivity contribution < 1.29 is 19.4 Å². The summed E-state index contributed by atoms with van der Waals surface area (Å²) < 4.78 is 10.2. The molecule has 17 heavy (non-hydrogen) atoms. The standard InChI is InChI=1S/C12H17NO4/c1-3-16-7-8(2)17-12(15)9-5-4-6-10(13)11(9)14/h4-6,8,14H,3,7,13H2,1-2H3.